The summed E-state index contributed by atoms with van der Waals surface area (Å²) in [7, 11) is 0. The second kappa shape index (κ2) is 8.65. The van der Waals surface area contributed by atoms with E-state index < -0.39 is 0 Å². The van der Waals surface area contributed by atoms with E-state index in [0.29, 0.717) is 13.2 Å². The molecule has 0 bridgehead atoms. The second-order valence-electron chi connectivity index (χ2n) is 5.52. The Kier molecular flexibility index (Phi) is 6.04. The van der Waals surface area contributed by atoms with Crippen LogP contribution in [-0.4, -0.2) is 0 Å². The molecule has 3 aromatic carbocycles. The summed E-state index contributed by atoms with van der Waals surface area (Å²) in [6.07, 6.45) is 0. The van der Waals surface area contributed by atoms with Crippen LogP contribution in [0, 0.1) is 5.82 Å². The molecule has 2 N–H and O–H groups in total. The summed E-state index contributed by atoms with van der Waals surface area (Å²) >= 11 is 3.41. The highest BCUT2D eigenvalue weighted by Gasteiger charge is 2.04. The van der Waals surface area contributed by atoms with E-state index >= 15 is 0 Å². The number of ether oxygens (including phenoxy) is 1. The van der Waals surface area contributed by atoms with Crippen LogP contribution in [0.2, 0.25) is 0 Å². The molecule has 0 amide bonds. The van der Waals surface area contributed by atoms with Crippen LogP contribution in [0.1, 0.15) is 11.1 Å². The van der Waals surface area contributed by atoms with Crippen molar-refractivity contribution in [2.75, 3.05) is 5.43 Å². The van der Waals surface area contributed by atoms with Gasteiger partial charge in [0.25, 0.3) is 0 Å². The normalized spacial score (nSPS) is 10.5. The zero-order chi connectivity index (χ0) is 17.5. The third kappa shape index (κ3) is 5.31. The summed E-state index contributed by atoms with van der Waals surface area (Å²) in [6.45, 7) is 0.952. The second-order valence-corrected chi connectivity index (χ2v) is 6.37. The lowest BCUT2D eigenvalue weighted by Crippen LogP contribution is -2.20. The largest absolute Gasteiger partial charge is 0.489 e. The molecule has 3 nitrogen and oxygen atoms in total. The number of hydrazine groups is 1. The summed E-state index contributed by atoms with van der Waals surface area (Å²) in [4.78, 5) is 0. The molecule has 0 fully saturated rings. The van der Waals surface area contributed by atoms with Crippen molar-refractivity contribution < 1.29 is 9.13 Å². The van der Waals surface area contributed by atoms with E-state index in [1.807, 2.05) is 54.6 Å². The summed E-state index contributed by atoms with van der Waals surface area (Å²) in [5, 5.41) is 0. The summed E-state index contributed by atoms with van der Waals surface area (Å²) in [5.74, 6) is 0.474. The molecule has 128 valence electrons. The van der Waals surface area contributed by atoms with Crippen LogP contribution in [-0.2, 0) is 13.2 Å². The van der Waals surface area contributed by atoms with Crippen molar-refractivity contribution in [1.29, 1.82) is 0 Å². The van der Waals surface area contributed by atoms with Crippen LogP contribution in [0.3, 0.4) is 0 Å². The van der Waals surface area contributed by atoms with Crippen molar-refractivity contribution in [3.8, 4) is 5.75 Å². The van der Waals surface area contributed by atoms with Crippen molar-refractivity contribution >= 4 is 21.6 Å². The molecular weight excluding hydrogens is 383 g/mol. The van der Waals surface area contributed by atoms with E-state index in [1.54, 1.807) is 6.07 Å². The van der Waals surface area contributed by atoms with Crippen molar-refractivity contribution in [3.05, 3.63) is 94.2 Å². The van der Waals surface area contributed by atoms with Crippen LogP contribution in [0.25, 0.3) is 0 Å². The fraction of sp³-hybridized carbons (Fsp3) is 0.100. The molecule has 0 radical (unpaired) electrons. The average molecular weight is 401 g/mol. The molecule has 0 aromatic heterocycles. The maximum atomic E-state index is 13.3. The Morgan fingerprint density at radius 3 is 2.60 bits per heavy atom. The van der Waals surface area contributed by atoms with Gasteiger partial charge in [-0.25, -0.2) is 9.82 Å². The van der Waals surface area contributed by atoms with Gasteiger partial charge in [-0.2, -0.15) is 0 Å². The summed E-state index contributed by atoms with van der Waals surface area (Å²) in [5.41, 5.74) is 9.18. The Bertz CT molecular complexity index is 827. The van der Waals surface area contributed by atoms with Gasteiger partial charge in [-0.3, -0.25) is 0 Å². The number of nitrogens with one attached hydrogen (secondary N) is 2. The van der Waals surface area contributed by atoms with Crippen molar-refractivity contribution in [1.82, 2.24) is 5.43 Å². The number of anilines is 1. The molecule has 25 heavy (non-hydrogen) atoms. The van der Waals surface area contributed by atoms with Crippen LogP contribution in [0.4, 0.5) is 10.1 Å². The van der Waals surface area contributed by atoms with E-state index in [0.717, 1.165) is 27.0 Å². The molecule has 5 heteroatoms. The van der Waals surface area contributed by atoms with E-state index in [9.17, 15) is 4.39 Å². The number of rotatable bonds is 7. The maximum Gasteiger partial charge on any atom is 0.123 e. The Morgan fingerprint density at radius 1 is 0.920 bits per heavy atom. The average Bonchev–Trinajstić information content (AvgIpc) is 2.64. The molecule has 3 aromatic rings. The molecule has 0 saturated heterocycles. The summed E-state index contributed by atoms with van der Waals surface area (Å²) < 4.78 is 19.9. The number of halogens is 2. The molecule has 3 rings (SSSR count). The smallest absolute Gasteiger partial charge is 0.123 e. The van der Waals surface area contributed by atoms with Gasteiger partial charge < -0.3 is 10.2 Å². The monoisotopic (exact) mass is 400 g/mol. The number of benzene rings is 3. The zero-order valence-corrected chi connectivity index (χ0v) is 15.1. The fourth-order valence-corrected chi connectivity index (χ4v) is 2.69. The van der Waals surface area contributed by atoms with Crippen molar-refractivity contribution in [3.63, 3.8) is 0 Å². The molecule has 0 aliphatic carbocycles. The van der Waals surface area contributed by atoms with Gasteiger partial charge in [0, 0.05) is 22.3 Å². The van der Waals surface area contributed by atoms with Crippen LogP contribution in [0.15, 0.2) is 77.3 Å². The van der Waals surface area contributed by atoms with Crippen LogP contribution in [0.5, 0.6) is 5.75 Å². The molecule has 0 saturated carbocycles. The third-order valence-corrected chi connectivity index (χ3v) is 4.37. The Morgan fingerprint density at radius 2 is 1.76 bits per heavy atom. The van der Waals surface area contributed by atoms with Gasteiger partial charge in [0.15, 0.2) is 0 Å². The van der Waals surface area contributed by atoms with Gasteiger partial charge in [-0.1, -0.05) is 46.3 Å². The Hall–Kier alpha value is -2.37. The first kappa shape index (κ1) is 17.5. The summed E-state index contributed by atoms with van der Waals surface area (Å²) in [6, 6.07) is 22.3. The van der Waals surface area contributed by atoms with E-state index in [-0.39, 0.29) is 5.82 Å². The van der Waals surface area contributed by atoms with Gasteiger partial charge in [0.1, 0.15) is 18.2 Å². The van der Waals surface area contributed by atoms with E-state index in [4.69, 9.17) is 4.74 Å². The lowest BCUT2D eigenvalue weighted by atomic mass is 10.2. The van der Waals surface area contributed by atoms with Gasteiger partial charge in [0.05, 0.1) is 0 Å². The standard InChI is InChI=1S/C20H18BrFN2O/c21-20-10-9-17(22)12-16(20)14-25-19-8-4-5-15(11-19)13-23-24-18-6-2-1-3-7-18/h1-12,23-24H,13-14H2. The van der Waals surface area contributed by atoms with E-state index in [2.05, 4.69) is 26.8 Å². The third-order valence-electron chi connectivity index (χ3n) is 3.60. The first-order valence-corrected chi connectivity index (χ1v) is 8.69. The molecule has 0 aliphatic rings. The first-order valence-electron chi connectivity index (χ1n) is 7.90. The highest BCUT2D eigenvalue weighted by molar-refractivity contribution is 9.10. The fourth-order valence-electron chi connectivity index (χ4n) is 2.33. The van der Waals surface area contributed by atoms with Gasteiger partial charge in [-0.05, 0) is 48.0 Å². The number of hydrogen-bond acceptors (Lipinski definition) is 3. The predicted molar refractivity (Wildman–Crippen MR) is 102 cm³/mol. The SMILES string of the molecule is Fc1ccc(Br)c(COc2cccc(CNNc3ccccc3)c2)c1. The topological polar surface area (TPSA) is 33.3 Å². The Labute approximate surface area is 154 Å². The Balaban J connectivity index is 1.55. The minimum atomic E-state index is -0.272. The maximum absolute atomic E-state index is 13.3. The lowest BCUT2D eigenvalue weighted by molar-refractivity contribution is 0.304. The number of para-hydroxylation sites is 1. The predicted octanol–water partition coefficient (Wildman–Crippen LogP) is 5.28. The minimum Gasteiger partial charge on any atom is -0.489 e. The number of hydrogen-bond donors (Lipinski definition) is 2. The van der Waals surface area contributed by atoms with Gasteiger partial charge in [0.2, 0.25) is 0 Å². The lowest BCUT2D eigenvalue weighted by Gasteiger charge is -2.11. The van der Waals surface area contributed by atoms with Gasteiger partial charge in [-0.15, -0.1) is 0 Å². The molecule has 0 unspecified atom stereocenters. The van der Waals surface area contributed by atoms with Crippen molar-refractivity contribution in [2.45, 2.75) is 13.2 Å². The highest BCUT2D eigenvalue weighted by Crippen LogP contribution is 2.21. The van der Waals surface area contributed by atoms with E-state index in [1.165, 1.54) is 12.1 Å². The van der Waals surface area contributed by atoms with Crippen molar-refractivity contribution in [2.24, 2.45) is 0 Å². The van der Waals surface area contributed by atoms with Gasteiger partial charge >= 0.3 is 0 Å². The molecule has 0 heterocycles. The highest BCUT2D eigenvalue weighted by atomic mass is 79.9. The molecule has 0 aliphatic heterocycles. The quantitative estimate of drug-likeness (QED) is 0.529. The molecular formula is C20H18BrFN2O. The first-order chi connectivity index (χ1) is 12.2. The minimum absolute atomic E-state index is 0.272. The van der Waals surface area contributed by atoms with Crippen LogP contribution >= 0.6 is 15.9 Å². The molecule has 0 atom stereocenters. The zero-order valence-electron chi connectivity index (χ0n) is 13.5. The molecule has 0 spiro atoms. The van der Waals surface area contributed by atoms with Crippen LogP contribution < -0.4 is 15.6 Å².